The molecule has 0 fully saturated rings. The molecule has 0 radical (unpaired) electrons. The van der Waals surface area contributed by atoms with Crippen LogP contribution in [0.4, 0.5) is 0 Å². The van der Waals surface area contributed by atoms with Gasteiger partial charge in [-0.15, -0.1) is 0 Å². The van der Waals surface area contributed by atoms with Gasteiger partial charge in [0, 0.05) is 18.4 Å². The first-order valence-electron chi connectivity index (χ1n) is 3.37. The number of nitrogens with zero attached hydrogens (tertiary/aromatic N) is 1. The van der Waals surface area contributed by atoms with E-state index in [2.05, 4.69) is 11.1 Å². The second-order valence-corrected chi connectivity index (χ2v) is 2.58. The molecule has 0 amide bonds. The van der Waals surface area contributed by atoms with Gasteiger partial charge in [0.05, 0.1) is 0 Å². The van der Waals surface area contributed by atoms with Crippen molar-refractivity contribution in [3.05, 3.63) is 29.6 Å². The summed E-state index contributed by atoms with van der Waals surface area (Å²) < 4.78 is 0. The van der Waals surface area contributed by atoms with E-state index >= 15 is 0 Å². The molecule has 0 saturated carbocycles. The van der Waals surface area contributed by atoms with Crippen molar-refractivity contribution in [1.82, 2.24) is 4.98 Å². The molecule has 0 saturated heterocycles. The van der Waals surface area contributed by atoms with Crippen molar-refractivity contribution in [3.8, 4) is 0 Å². The van der Waals surface area contributed by atoms with E-state index in [4.69, 9.17) is 5.73 Å². The Labute approximate surface area is 61.1 Å². The standard InChI is InChI=1S/C8H12N2/c1-6-3-8(7(2)9)5-10-4-6/h3-5,7H,9H2,1-2H3/t7-/m1/s1. The third-order valence-electron chi connectivity index (χ3n) is 1.42. The molecular formula is C8H12N2. The van der Waals surface area contributed by atoms with E-state index in [9.17, 15) is 0 Å². The molecule has 2 nitrogen and oxygen atoms in total. The Hall–Kier alpha value is -0.890. The second kappa shape index (κ2) is 2.80. The van der Waals surface area contributed by atoms with Crippen LogP contribution in [0.1, 0.15) is 24.1 Å². The van der Waals surface area contributed by atoms with Crippen molar-refractivity contribution in [2.24, 2.45) is 5.73 Å². The molecule has 0 aliphatic heterocycles. The zero-order valence-corrected chi connectivity index (χ0v) is 6.33. The summed E-state index contributed by atoms with van der Waals surface area (Å²) in [5.41, 5.74) is 7.90. The van der Waals surface area contributed by atoms with Crippen molar-refractivity contribution in [2.75, 3.05) is 0 Å². The van der Waals surface area contributed by atoms with Crippen LogP contribution >= 0.6 is 0 Å². The van der Waals surface area contributed by atoms with E-state index in [0.29, 0.717) is 0 Å². The van der Waals surface area contributed by atoms with Crippen LogP contribution in [0.3, 0.4) is 0 Å². The summed E-state index contributed by atoms with van der Waals surface area (Å²) in [7, 11) is 0. The zero-order chi connectivity index (χ0) is 7.56. The SMILES string of the molecule is Cc1cncc([C@@H](C)N)c1. The first-order chi connectivity index (χ1) is 4.70. The summed E-state index contributed by atoms with van der Waals surface area (Å²) in [6, 6.07) is 2.14. The van der Waals surface area contributed by atoms with Gasteiger partial charge in [-0.25, -0.2) is 0 Å². The first kappa shape index (κ1) is 7.22. The minimum atomic E-state index is 0.0902. The van der Waals surface area contributed by atoms with Gasteiger partial charge in [0.2, 0.25) is 0 Å². The number of aromatic nitrogens is 1. The average Bonchev–Trinajstić information content (AvgIpc) is 1.88. The van der Waals surface area contributed by atoms with Gasteiger partial charge < -0.3 is 5.73 Å². The molecule has 0 aliphatic carbocycles. The van der Waals surface area contributed by atoms with Crippen molar-refractivity contribution in [3.63, 3.8) is 0 Å². The fourth-order valence-corrected chi connectivity index (χ4v) is 0.827. The predicted molar refractivity (Wildman–Crippen MR) is 41.6 cm³/mol. The Bertz CT molecular complexity index is 218. The molecule has 1 aromatic rings. The van der Waals surface area contributed by atoms with Gasteiger partial charge in [0.15, 0.2) is 0 Å². The highest BCUT2D eigenvalue weighted by molar-refractivity contribution is 5.18. The Morgan fingerprint density at radius 2 is 2.20 bits per heavy atom. The topological polar surface area (TPSA) is 38.9 Å². The molecular weight excluding hydrogens is 124 g/mol. The van der Waals surface area contributed by atoms with Gasteiger partial charge in [0.1, 0.15) is 0 Å². The van der Waals surface area contributed by atoms with Crippen LogP contribution < -0.4 is 5.73 Å². The van der Waals surface area contributed by atoms with Crippen LogP contribution in [0.25, 0.3) is 0 Å². The summed E-state index contributed by atoms with van der Waals surface area (Å²) in [6.07, 6.45) is 3.63. The van der Waals surface area contributed by atoms with Crippen LogP contribution in [0, 0.1) is 6.92 Å². The Kier molecular flexibility index (Phi) is 2.02. The molecule has 2 N–H and O–H groups in total. The van der Waals surface area contributed by atoms with E-state index in [1.54, 1.807) is 6.20 Å². The molecule has 0 bridgehead atoms. The monoisotopic (exact) mass is 136 g/mol. The zero-order valence-electron chi connectivity index (χ0n) is 6.33. The summed E-state index contributed by atoms with van der Waals surface area (Å²) in [4.78, 5) is 4.03. The number of nitrogens with two attached hydrogens (primary N) is 1. The first-order valence-corrected chi connectivity index (χ1v) is 3.37. The Morgan fingerprint density at radius 3 is 2.60 bits per heavy atom. The molecule has 10 heavy (non-hydrogen) atoms. The van der Waals surface area contributed by atoms with E-state index in [-0.39, 0.29) is 6.04 Å². The lowest BCUT2D eigenvalue weighted by Crippen LogP contribution is -2.05. The van der Waals surface area contributed by atoms with Crippen molar-refractivity contribution < 1.29 is 0 Å². The fraction of sp³-hybridized carbons (Fsp3) is 0.375. The largest absolute Gasteiger partial charge is 0.324 e. The van der Waals surface area contributed by atoms with Gasteiger partial charge in [-0.1, -0.05) is 6.07 Å². The summed E-state index contributed by atoms with van der Waals surface area (Å²) in [5, 5.41) is 0. The maximum absolute atomic E-state index is 5.64. The molecule has 54 valence electrons. The highest BCUT2D eigenvalue weighted by atomic mass is 14.7. The van der Waals surface area contributed by atoms with Crippen molar-refractivity contribution in [1.29, 1.82) is 0 Å². The Balaban J connectivity index is 2.96. The summed E-state index contributed by atoms with van der Waals surface area (Å²) >= 11 is 0. The molecule has 0 aromatic carbocycles. The quantitative estimate of drug-likeness (QED) is 0.634. The summed E-state index contributed by atoms with van der Waals surface area (Å²) in [6.45, 7) is 3.97. The van der Waals surface area contributed by atoms with Crippen LogP contribution in [-0.4, -0.2) is 4.98 Å². The van der Waals surface area contributed by atoms with E-state index < -0.39 is 0 Å². The highest BCUT2D eigenvalue weighted by Crippen LogP contribution is 2.08. The number of hydrogen-bond donors (Lipinski definition) is 1. The lowest BCUT2D eigenvalue weighted by molar-refractivity contribution is 0.809. The molecule has 1 rings (SSSR count). The van der Waals surface area contributed by atoms with Gasteiger partial charge >= 0.3 is 0 Å². The number of pyridine rings is 1. The van der Waals surface area contributed by atoms with E-state index in [1.165, 1.54) is 0 Å². The highest BCUT2D eigenvalue weighted by Gasteiger charge is 1.97. The van der Waals surface area contributed by atoms with Crippen molar-refractivity contribution >= 4 is 0 Å². The lowest BCUT2D eigenvalue weighted by atomic mass is 10.1. The molecule has 1 heterocycles. The van der Waals surface area contributed by atoms with Crippen molar-refractivity contribution in [2.45, 2.75) is 19.9 Å². The van der Waals surface area contributed by atoms with Crippen LogP contribution in [0.5, 0.6) is 0 Å². The van der Waals surface area contributed by atoms with Crippen LogP contribution in [-0.2, 0) is 0 Å². The van der Waals surface area contributed by atoms with Gasteiger partial charge in [-0.05, 0) is 25.0 Å². The average molecular weight is 136 g/mol. The van der Waals surface area contributed by atoms with Crippen LogP contribution in [0.15, 0.2) is 18.5 Å². The number of rotatable bonds is 1. The minimum absolute atomic E-state index is 0.0902. The third-order valence-corrected chi connectivity index (χ3v) is 1.42. The van der Waals surface area contributed by atoms with Gasteiger partial charge in [0.25, 0.3) is 0 Å². The predicted octanol–water partition coefficient (Wildman–Crippen LogP) is 1.41. The minimum Gasteiger partial charge on any atom is -0.324 e. The molecule has 1 atom stereocenters. The second-order valence-electron chi connectivity index (χ2n) is 2.58. The molecule has 2 heteroatoms. The number of hydrogen-bond acceptors (Lipinski definition) is 2. The molecule has 0 aliphatic rings. The normalized spacial score (nSPS) is 13.1. The van der Waals surface area contributed by atoms with Gasteiger partial charge in [-0.2, -0.15) is 0 Å². The number of aryl methyl sites for hydroxylation is 1. The summed E-state index contributed by atoms with van der Waals surface area (Å²) in [5.74, 6) is 0. The molecule has 0 spiro atoms. The molecule has 1 aromatic heterocycles. The third kappa shape index (κ3) is 1.54. The fourth-order valence-electron chi connectivity index (χ4n) is 0.827. The van der Waals surface area contributed by atoms with E-state index in [0.717, 1.165) is 11.1 Å². The smallest absolute Gasteiger partial charge is 0.0315 e. The Morgan fingerprint density at radius 1 is 1.50 bits per heavy atom. The maximum Gasteiger partial charge on any atom is 0.0315 e. The van der Waals surface area contributed by atoms with E-state index in [1.807, 2.05) is 20.0 Å². The lowest BCUT2D eigenvalue weighted by Gasteiger charge is -2.03. The van der Waals surface area contributed by atoms with Crippen LogP contribution in [0.2, 0.25) is 0 Å². The molecule has 0 unspecified atom stereocenters. The maximum atomic E-state index is 5.64. The van der Waals surface area contributed by atoms with Gasteiger partial charge in [-0.3, -0.25) is 4.98 Å².